The number of fused-ring (bicyclic) bond motifs is 1. The van der Waals surface area contributed by atoms with Crippen LogP contribution in [-0.4, -0.2) is 10.2 Å². The van der Waals surface area contributed by atoms with Crippen LogP contribution in [0.1, 0.15) is 40.2 Å². The topological polar surface area (TPSA) is 28.7 Å². The first-order chi connectivity index (χ1) is 7.49. The number of hydrogen-bond acceptors (Lipinski definition) is 1. The van der Waals surface area contributed by atoms with Crippen molar-refractivity contribution < 1.29 is 21.1 Å². The van der Waals surface area contributed by atoms with Gasteiger partial charge in [0.25, 0.3) is 0 Å². The number of aromatic nitrogens is 2. The molecule has 1 heterocycles. The minimum Gasteiger partial charge on any atom is -0.335 e. The van der Waals surface area contributed by atoms with E-state index in [2.05, 4.69) is 43.1 Å². The van der Waals surface area contributed by atoms with E-state index in [1.165, 1.54) is 5.56 Å². The molecular formula is C14H20N2W. The standard InChI is InChI=1S/C11H13N2.C3H7.W/c1-11(2,3)9-4-5-10-8(6-9)7-12-13-10;1-3-2;/h4,6-7H,1-3H3,(H,12,13);3H,1-2H3;/q2*-1;+2. The molecule has 3 heteroatoms. The van der Waals surface area contributed by atoms with Gasteiger partial charge in [-0.25, -0.2) is 0 Å². The van der Waals surface area contributed by atoms with E-state index < -0.39 is 0 Å². The molecule has 92 valence electrons. The van der Waals surface area contributed by atoms with Crippen LogP contribution in [0.4, 0.5) is 0 Å². The van der Waals surface area contributed by atoms with Gasteiger partial charge in [0.1, 0.15) is 0 Å². The smallest absolute Gasteiger partial charge is 0.335 e. The number of nitrogens with zero attached hydrogens (tertiary/aromatic N) is 1. The first kappa shape index (κ1) is 16.4. The Hall–Kier alpha value is -0.622. The van der Waals surface area contributed by atoms with Gasteiger partial charge in [-0.1, -0.05) is 31.6 Å². The minimum absolute atomic E-state index is 0. The summed E-state index contributed by atoms with van der Waals surface area (Å²) in [7, 11) is 0. The van der Waals surface area contributed by atoms with Crippen LogP contribution in [0, 0.1) is 12.5 Å². The summed E-state index contributed by atoms with van der Waals surface area (Å²) in [4.78, 5) is 0. The molecule has 0 aliphatic carbocycles. The predicted octanol–water partition coefficient (Wildman–Crippen LogP) is 3.89. The molecule has 0 atom stereocenters. The Morgan fingerprint density at radius 2 is 1.88 bits per heavy atom. The monoisotopic (exact) mass is 400 g/mol. The quantitative estimate of drug-likeness (QED) is 0.669. The fourth-order valence-electron chi connectivity index (χ4n) is 1.31. The first-order valence-electron chi connectivity index (χ1n) is 5.58. The van der Waals surface area contributed by atoms with E-state index in [9.17, 15) is 0 Å². The molecule has 0 spiro atoms. The van der Waals surface area contributed by atoms with Crippen molar-refractivity contribution in [2.24, 2.45) is 0 Å². The number of H-pyrrole nitrogens is 1. The zero-order chi connectivity index (χ0) is 12.2. The van der Waals surface area contributed by atoms with E-state index in [-0.39, 0.29) is 26.5 Å². The van der Waals surface area contributed by atoms with E-state index in [1.807, 2.05) is 32.5 Å². The third kappa shape index (κ3) is 4.63. The predicted molar refractivity (Wildman–Crippen MR) is 69.3 cm³/mol. The van der Waals surface area contributed by atoms with Crippen molar-refractivity contribution in [1.29, 1.82) is 0 Å². The number of rotatable bonds is 0. The first-order valence-corrected chi connectivity index (χ1v) is 5.58. The number of benzene rings is 1. The Morgan fingerprint density at radius 1 is 1.29 bits per heavy atom. The molecule has 0 aliphatic rings. The summed E-state index contributed by atoms with van der Waals surface area (Å²) in [6, 6.07) is 7.38. The molecule has 17 heavy (non-hydrogen) atoms. The van der Waals surface area contributed by atoms with Crippen molar-refractivity contribution in [2.75, 3.05) is 0 Å². The molecule has 0 saturated heterocycles. The molecule has 1 N–H and O–H groups in total. The SMILES string of the molecule is CC(C)(C)c1c[c-]c2[nH]ncc2c1.C[CH-]C.[W+2]. The van der Waals surface area contributed by atoms with Gasteiger partial charge in [-0.3, -0.25) is 0 Å². The maximum absolute atomic E-state index is 3.97. The van der Waals surface area contributed by atoms with Gasteiger partial charge in [0.05, 0.1) is 0 Å². The Labute approximate surface area is 118 Å². The van der Waals surface area contributed by atoms with Gasteiger partial charge in [-0.2, -0.15) is 37.1 Å². The summed E-state index contributed by atoms with van der Waals surface area (Å²) in [6.45, 7) is 10.6. The van der Waals surface area contributed by atoms with Gasteiger partial charge >= 0.3 is 21.1 Å². The van der Waals surface area contributed by atoms with Crippen LogP contribution >= 0.6 is 0 Å². The molecule has 2 aromatic rings. The summed E-state index contributed by atoms with van der Waals surface area (Å²) >= 11 is 0. The van der Waals surface area contributed by atoms with Crippen molar-refractivity contribution in [3.05, 3.63) is 36.4 Å². The van der Waals surface area contributed by atoms with Crippen molar-refractivity contribution >= 4 is 10.9 Å². The third-order valence-corrected chi connectivity index (χ3v) is 2.22. The summed E-state index contributed by atoms with van der Waals surface area (Å²) in [5.74, 6) is 0. The van der Waals surface area contributed by atoms with Crippen LogP contribution in [0.15, 0.2) is 18.3 Å². The van der Waals surface area contributed by atoms with Crippen molar-refractivity contribution in [3.8, 4) is 0 Å². The van der Waals surface area contributed by atoms with Crippen molar-refractivity contribution in [2.45, 2.75) is 40.0 Å². The number of hydrogen-bond donors (Lipinski definition) is 1. The van der Waals surface area contributed by atoms with Gasteiger partial charge in [-0.05, 0) is 5.52 Å². The fourth-order valence-corrected chi connectivity index (χ4v) is 1.31. The average Bonchev–Trinajstić information content (AvgIpc) is 2.63. The normalized spacial score (nSPS) is 10.4. The average molecular weight is 400 g/mol. The van der Waals surface area contributed by atoms with Crippen LogP contribution in [0.2, 0.25) is 0 Å². The van der Waals surface area contributed by atoms with Crippen LogP contribution in [0.3, 0.4) is 0 Å². The zero-order valence-corrected chi connectivity index (χ0v) is 14.1. The van der Waals surface area contributed by atoms with Crippen molar-refractivity contribution in [3.63, 3.8) is 0 Å². The van der Waals surface area contributed by atoms with Gasteiger partial charge in [0.15, 0.2) is 0 Å². The summed E-state index contributed by atoms with van der Waals surface area (Å²) in [6.07, 6.45) is 3.83. The van der Waals surface area contributed by atoms with Crippen LogP contribution < -0.4 is 0 Å². The van der Waals surface area contributed by atoms with Gasteiger partial charge in [0.2, 0.25) is 0 Å². The number of aromatic amines is 1. The molecule has 0 radical (unpaired) electrons. The molecule has 0 saturated carbocycles. The molecule has 1 aromatic heterocycles. The zero-order valence-electron chi connectivity index (χ0n) is 11.2. The van der Waals surface area contributed by atoms with Gasteiger partial charge in [-0.15, -0.1) is 5.56 Å². The number of nitrogens with one attached hydrogen (secondary N) is 1. The van der Waals surface area contributed by atoms with E-state index in [0.717, 1.165) is 10.9 Å². The summed E-state index contributed by atoms with van der Waals surface area (Å²) in [5, 5.41) is 7.99. The van der Waals surface area contributed by atoms with E-state index in [0.29, 0.717) is 0 Å². The van der Waals surface area contributed by atoms with E-state index in [1.54, 1.807) is 0 Å². The summed E-state index contributed by atoms with van der Waals surface area (Å²) < 4.78 is 0. The molecule has 2 nitrogen and oxygen atoms in total. The second-order valence-corrected chi connectivity index (χ2v) is 4.92. The maximum atomic E-state index is 3.97. The molecule has 0 aliphatic heterocycles. The molecule has 0 bridgehead atoms. The second-order valence-electron chi connectivity index (χ2n) is 4.92. The second kappa shape index (κ2) is 6.96. The Kier molecular flexibility index (Phi) is 6.70. The molecule has 1 aromatic carbocycles. The molecule has 2 rings (SSSR count). The van der Waals surface area contributed by atoms with E-state index >= 15 is 0 Å². The Balaban J connectivity index is 0.000000583. The fraction of sp³-hybridized carbons (Fsp3) is 0.429. The van der Waals surface area contributed by atoms with Crippen LogP contribution in [0.25, 0.3) is 10.9 Å². The largest absolute Gasteiger partial charge is 2.00 e. The Bertz CT molecular complexity index is 441. The minimum atomic E-state index is 0. The van der Waals surface area contributed by atoms with E-state index in [4.69, 9.17) is 0 Å². The molecule has 0 amide bonds. The van der Waals surface area contributed by atoms with Crippen LogP contribution in [0.5, 0.6) is 0 Å². The Morgan fingerprint density at radius 3 is 2.41 bits per heavy atom. The molecule has 0 unspecified atom stereocenters. The maximum Gasteiger partial charge on any atom is 2.00 e. The third-order valence-electron chi connectivity index (χ3n) is 2.22. The molecule has 0 fully saturated rings. The van der Waals surface area contributed by atoms with Gasteiger partial charge < -0.3 is 11.5 Å². The van der Waals surface area contributed by atoms with Crippen molar-refractivity contribution in [1.82, 2.24) is 10.2 Å². The molecular weight excluding hydrogens is 380 g/mol. The van der Waals surface area contributed by atoms with Crippen LogP contribution in [-0.2, 0) is 26.5 Å². The van der Waals surface area contributed by atoms with Gasteiger partial charge in [0, 0.05) is 6.20 Å². The summed E-state index contributed by atoms with van der Waals surface area (Å²) in [5.41, 5.74) is 2.46.